The van der Waals surface area contributed by atoms with E-state index in [0.29, 0.717) is 22.6 Å². The average molecular weight is 430 g/mol. The van der Waals surface area contributed by atoms with Crippen molar-refractivity contribution in [3.05, 3.63) is 111 Å². The van der Waals surface area contributed by atoms with Crippen LogP contribution in [0.25, 0.3) is 5.57 Å². The molecule has 0 unspecified atom stereocenters. The minimum Gasteiger partial charge on any atom is -0.465 e. The fraction of sp³-hybridized carbons (Fsp3) is 0.154. The number of rotatable bonds is 3. The molecule has 1 N–H and O–H groups in total. The van der Waals surface area contributed by atoms with E-state index in [1.54, 1.807) is 12.1 Å². The monoisotopic (exact) mass is 429 g/mol. The molecule has 0 spiro atoms. The predicted octanol–water partition coefficient (Wildman–Crippen LogP) is 4.82. The molecule has 156 valence electrons. The maximum absolute atomic E-state index is 12.5. The Kier molecular flexibility index (Phi) is 6.23. The summed E-state index contributed by atoms with van der Waals surface area (Å²) in [4.78, 5) is 25.3. The third-order valence-electron chi connectivity index (χ3n) is 5.34. The van der Waals surface area contributed by atoms with Gasteiger partial charge in [-0.2, -0.15) is 0 Å². The number of benzene rings is 3. The van der Waals surface area contributed by atoms with Crippen molar-refractivity contribution in [1.29, 1.82) is 0 Å². The smallest absolute Gasteiger partial charge is 0.338 e. The summed E-state index contributed by atoms with van der Waals surface area (Å²) in [5.41, 5.74) is 6.96. The van der Waals surface area contributed by atoms with Gasteiger partial charge in [0.05, 0.1) is 17.6 Å². The van der Waals surface area contributed by atoms with Crippen molar-refractivity contribution in [1.82, 2.24) is 5.32 Å². The van der Waals surface area contributed by atoms with Crippen LogP contribution in [0.2, 0.25) is 0 Å². The molecule has 0 saturated heterocycles. The Labute approximate surface area is 186 Å². The van der Waals surface area contributed by atoms with Gasteiger partial charge in [-0.3, -0.25) is 4.79 Å². The highest BCUT2D eigenvalue weighted by Crippen LogP contribution is 2.37. The van der Waals surface area contributed by atoms with E-state index in [0.717, 1.165) is 16.7 Å². The standard InChI is InChI=1S/C19H17NO3S.C7H6/c1-23-19(22)15-10-6-5-9-14(15)16-13-8-4-3-7-12(13)11-20-18(21)17(16)24-2;1-2-4-7-5-6(7)3-1/h3-10H,11H2,1-2H3,(H,20,21);1-4H,5H2. The van der Waals surface area contributed by atoms with E-state index in [1.165, 1.54) is 36.4 Å². The van der Waals surface area contributed by atoms with Crippen LogP contribution in [0.3, 0.4) is 0 Å². The molecule has 0 atom stereocenters. The molecular weight excluding hydrogens is 406 g/mol. The maximum atomic E-state index is 12.5. The number of hydrogen-bond acceptors (Lipinski definition) is 4. The van der Waals surface area contributed by atoms with Crippen molar-refractivity contribution in [2.75, 3.05) is 13.4 Å². The number of amides is 1. The van der Waals surface area contributed by atoms with Crippen molar-refractivity contribution in [2.24, 2.45) is 0 Å². The first-order chi connectivity index (χ1) is 15.1. The number of thioether (sulfide) groups is 1. The van der Waals surface area contributed by atoms with Crippen molar-refractivity contribution in [3.8, 4) is 0 Å². The summed E-state index contributed by atoms with van der Waals surface area (Å²) in [7, 11) is 1.36. The SMILES string of the molecule is COC(=O)c1ccccc1C1=C(SC)C(=O)NCc2ccccc21.c1ccc2c(c1)C2. The zero-order valence-electron chi connectivity index (χ0n) is 17.5. The summed E-state index contributed by atoms with van der Waals surface area (Å²) < 4.78 is 4.91. The molecule has 1 aliphatic heterocycles. The van der Waals surface area contributed by atoms with Gasteiger partial charge in [0.25, 0.3) is 5.91 Å². The van der Waals surface area contributed by atoms with Crippen LogP contribution in [0, 0.1) is 0 Å². The van der Waals surface area contributed by atoms with Crippen LogP contribution >= 0.6 is 11.8 Å². The lowest BCUT2D eigenvalue weighted by Gasteiger charge is -2.15. The van der Waals surface area contributed by atoms with Crippen LogP contribution in [0.15, 0.2) is 77.7 Å². The van der Waals surface area contributed by atoms with Crippen LogP contribution in [0.1, 0.15) is 38.2 Å². The highest BCUT2D eigenvalue weighted by Gasteiger charge is 2.26. The Bertz CT molecular complexity index is 1160. The van der Waals surface area contributed by atoms with Crippen molar-refractivity contribution in [3.63, 3.8) is 0 Å². The Hall–Kier alpha value is -3.31. The second-order valence-electron chi connectivity index (χ2n) is 7.23. The van der Waals surface area contributed by atoms with Crippen molar-refractivity contribution in [2.45, 2.75) is 13.0 Å². The summed E-state index contributed by atoms with van der Waals surface area (Å²) in [6.45, 7) is 0.461. The summed E-state index contributed by atoms with van der Waals surface area (Å²) >= 11 is 1.38. The van der Waals surface area contributed by atoms with Crippen molar-refractivity contribution >= 4 is 29.2 Å². The van der Waals surface area contributed by atoms with Crippen LogP contribution in [-0.4, -0.2) is 25.2 Å². The van der Waals surface area contributed by atoms with Gasteiger partial charge in [0, 0.05) is 12.1 Å². The van der Waals surface area contributed by atoms with Crippen LogP contribution in [-0.2, 0) is 22.5 Å². The lowest BCUT2D eigenvalue weighted by atomic mass is 9.91. The summed E-state index contributed by atoms with van der Waals surface area (Å²) in [5.74, 6) is -0.547. The summed E-state index contributed by atoms with van der Waals surface area (Å²) in [5, 5.41) is 2.93. The molecule has 0 aromatic heterocycles. The van der Waals surface area contributed by atoms with Crippen LogP contribution in [0.5, 0.6) is 0 Å². The second-order valence-corrected chi connectivity index (χ2v) is 8.05. The lowest BCUT2D eigenvalue weighted by Crippen LogP contribution is -2.22. The van der Waals surface area contributed by atoms with Gasteiger partial charge in [-0.25, -0.2) is 4.79 Å². The molecule has 3 aromatic rings. The summed E-state index contributed by atoms with van der Waals surface area (Å²) in [6.07, 6.45) is 3.11. The maximum Gasteiger partial charge on any atom is 0.338 e. The van der Waals surface area contributed by atoms with Gasteiger partial charge in [0.15, 0.2) is 0 Å². The Morgan fingerprint density at radius 2 is 1.45 bits per heavy atom. The molecule has 0 saturated carbocycles. The molecule has 31 heavy (non-hydrogen) atoms. The van der Waals surface area contributed by atoms with Crippen molar-refractivity contribution < 1.29 is 14.3 Å². The number of carbonyl (C=O) groups excluding carboxylic acids is 2. The average Bonchev–Trinajstić information content (AvgIpc) is 3.62. The molecule has 2 aliphatic rings. The Morgan fingerprint density at radius 1 is 0.871 bits per heavy atom. The first kappa shape index (κ1) is 20.9. The number of hydrogen-bond donors (Lipinski definition) is 1. The largest absolute Gasteiger partial charge is 0.465 e. The number of ether oxygens (including phenoxy) is 1. The Balaban J connectivity index is 0.000000275. The van der Waals surface area contributed by atoms with E-state index >= 15 is 0 Å². The lowest BCUT2D eigenvalue weighted by molar-refractivity contribution is -0.116. The quantitative estimate of drug-likeness (QED) is 0.475. The number of carbonyl (C=O) groups is 2. The van der Waals surface area contributed by atoms with E-state index in [1.807, 2.05) is 42.7 Å². The number of fused-ring (bicyclic) bond motifs is 2. The molecular formula is C26H23NO3S. The number of esters is 1. The normalized spacial score (nSPS) is 13.7. The number of nitrogens with one attached hydrogen (secondary N) is 1. The van der Waals surface area contributed by atoms with E-state index in [2.05, 4.69) is 29.6 Å². The van der Waals surface area contributed by atoms with E-state index < -0.39 is 5.97 Å². The van der Waals surface area contributed by atoms with Gasteiger partial charge in [-0.15, -0.1) is 11.8 Å². The molecule has 3 aromatic carbocycles. The van der Waals surface area contributed by atoms with Crippen LogP contribution in [0.4, 0.5) is 0 Å². The topological polar surface area (TPSA) is 55.4 Å². The zero-order chi connectivity index (χ0) is 21.8. The van der Waals surface area contributed by atoms with E-state index in [9.17, 15) is 9.59 Å². The van der Waals surface area contributed by atoms with Crippen LogP contribution < -0.4 is 5.32 Å². The Morgan fingerprint density at radius 3 is 2.06 bits per heavy atom. The zero-order valence-corrected chi connectivity index (χ0v) is 18.3. The second kappa shape index (κ2) is 9.23. The molecule has 1 heterocycles. The highest BCUT2D eigenvalue weighted by molar-refractivity contribution is 8.03. The summed E-state index contributed by atoms with van der Waals surface area (Å²) in [6, 6.07) is 23.6. The first-order valence-electron chi connectivity index (χ1n) is 10.0. The van der Waals surface area contributed by atoms with Gasteiger partial charge in [-0.05, 0) is 46.6 Å². The molecule has 5 rings (SSSR count). The predicted molar refractivity (Wildman–Crippen MR) is 125 cm³/mol. The van der Waals surface area contributed by atoms with Gasteiger partial charge in [0.1, 0.15) is 0 Å². The molecule has 1 amide bonds. The molecule has 4 nitrogen and oxygen atoms in total. The first-order valence-corrected chi connectivity index (χ1v) is 11.3. The third-order valence-corrected chi connectivity index (χ3v) is 6.14. The fourth-order valence-corrected chi connectivity index (χ4v) is 4.38. The molecule has 5 heteroatoms. The minimum atomic E-state index is -0.416. The van der Waals surface area contributed by atoms with E-state index in [-0.39, 0.29) is 5.91 Å². The third kappa shape index (κ3) is 4.42. The van der Waals surface area contributed by atoms with E-state index in [4.69, 9.17) is 4.74 Å². The van der Waals surface area contributed by atoms with Gasteiger partial charge in [-0.1, -0.05) is 66.7 Å². The molecule has 0 fully saturated rings. The highest BCUT2D eigenvalue weighted by atomic mass is 32.2. The molecule has 0 bridgehead atoms. The number of methoxy groups -OCH3 is 1. The van der Waals surface area contributed by atoms with Gasteiger partial charge < -0.3 is 10.1 Å². The molecule has 1 aliphatic carbocycles. The van der Waals surface area contributed by atoms with Gasteiger partial charge >= 0.3 is 5.97 Å². The minimum absolute atomic E-state index is 0.131. The fourth-order valence-electron chi connectivity index (χ4n) is 3.70. The molecule has 0 radical (unpaired) electrons. The van der Waals surface area contributed by atoms with Gasteiger partial charge in [0.2, 0.25) is 0 Å².